The summed E-state index contributed by atoms with van der Waals surface area (Å²) in [4.78, 5) is 0. The Morgan fingerprint density at radius 3 is 2.38 bits per heavy atom. The summed E-state index contributed by atoms with van der Waals surface area (Å²) in [6.45, 7) is 10.3. The summed E-state index contributed by atoms with van der Waals surface area (Å²) in [7, 11) is 0. The Morgan fingerprint density at radius 2 is 1.62 bits per heavy atom. The zero-order valence-electron chi connectivity index (χ0n) is 15.1. The maximum absolute atomic E-state index is 2.62. The van der Waals surface area contributed by atoms with Gasteiger partial charge in [0.2, 0.25) is 0 Å². The van der Waals surface area contributed by atoms with Crippen molar-refractivity contribution in [3.05, 3.63) is 0 Å². The number of fused-ring (bicyclic) bond motifs is 8. The van der Waals surface area contributed by atoms with Crippen molar-refractivity contribution >= 4 is 0 Å². The van der Waals surface area contributed by atoms with E-state index in [0.717, 1.165) is 23.7 Å². The van der Waals surface area contributed by atoms with Crippen LogP contribution in [0.15, 0.2) is 0 Å². The molecular weight excluding hydrogens is 252 g/mol. The Morgan fingerprint density at radius 1 is 0.905 bits per heavy atom. The average molecular weight is 291 g/mol. The first-order valence-corrected chi connectivity index (χ1v) is 10.00. The molecule has 0 nitrogen and oxygen atoms in total. The first-order chi connectivity index (χ1) is 10.00. The maximum atomic E-state index is 2.62. The quantitative estimate of drug-likeness (QED) is 0.496. The van der Waals surface area contributed by atoms with Gasteiger partial charge in [-0.1, -0.05) is 59.8 Å². The van der Waals surface area contributed by atoms with Crippen LogP contribution in [-0.4, -0.2) is 0 Å². The fraction of sp³-hybridized carbons (Fsp3) is 1.00. The second kappa shape index (κ2) is 5.89. The fourth-order valence-corrected chi connectivity index (χ4v) is 6.55. The molecule has 4 saturated carbocycles. The summed E-state index contributed by atoms with van der Waals surface area (Å²) >= 11 is 0. The number of hydrogen-bond donors (Lipinski definition) is 0. The Hall–Kier alpha value is 0. The van der Waals surface area contributed by atoms with Crippen LogP contribution in [0.4, 0.5) is 0 Å². The summed E-state index contributed by atoms with van der Waals surface area (Å²) < 4.78 is 0. The van der Waals surface area contributed by atoms with E-state index in [-0.39, 0.29) is 0 Å². The van der Waals surface area contributed by atoms with Gasteiger partial charge in [0.1, 0.15) is 0 Å². The van der Waals surface area contributed by atoms with Gasteiger partial charge in [0.05, 0.1) is 0 Å². The molecule has 0 radical (unpaired) electrons. The molecule has 4 aliphatic carbocycles. The molecule has 0 N–H and O–H groups in total. The van der Waals surface area contributed by atoms with Gasteiger partial charge < -0.3 is 0 Å². The van der Waals surface area contributed by atoms with Crippen molar-refractivity contribution in [3.8, 4) is 0 Å². The number of hydrogen-bond acceptors (Lipinski definition) is 0. The van der Waals surface area contributed by atoms with Crippen molar-refractivity contribution in [2.75, 3.05) is 0 Å². The van der Waals surface area contributed by atoms with Crippen LogP contribution in [0.1, 0.15) is 98.3 Å². The lowest BCUT2D eigenvalue weighted by Gasteiger charge is -2.37. The van der Waals surface area contributed by atoms with E-state index in [4.69, 9.17) is 0 Å². The fourth-order valence-electron chi connectivity index (χ4n) is 6.55. The summed E-state index contributed by atoms with van der Waals surface area (Å²) in [5.74, 6) is 4.14. The summed E-state index contributed by atoms with van der Waals surface area (Å²) in [5.41, 5.74) is 1.38. The van der Waals surface area contributed by atoms with Gasteiger partial charge in [0.15, 0.2) is 0 Å². The molecule has 0 aromatic rings. The topological polar surface area (TPSA) is 0 Å². The average Bonchev–Trinajstić information content (AvgIpc) is 3.11. The van der Waals surface area contributed by atoms with Crippen molar-refractivity contribution in [1.29, 1.82) is 0 Å². The van der Waals surface area contributed by atoms with Crippen LogP contribution < -0.4 is 0 Å². The van der Waals surface area contributed by atoms with Crippen LogP contribution in [0.2, 0.25) is 0 Å². The molecule has 0 aliphatic heterocycles. The van der Waals surface area contributed by atoms with Gasteiger partial charge in [0.25, 0.3) is 0 Å². The molecule has 0 saturated heterocycles. The second-order valence-corrected chi connectivity index (χ2v) is 9.52. The van der Waals surface area contributed by atoms with Crippen molar-refractivity contribution in [3.63, 3.8) is 0 Å². The molecule has 2 bridgehead atoms. The highest BCUT2D eigenvalue weighted by Crippen LogP contribution is 2.65. The molecule has 122 valence electrons. The lowest BCUT2D eigenvalue weighted by atomic mass is 9.68. The number of rotatable bonds is 1. The predicted molar refractivity (Wildman–Crippen MR) is 92.3 cm³/mol. The lowest BCUT2D eigenvalue weighted by molar-refractivity contribution is 0.128. The highest BCUT2D eigenvalue weighted by atomic mass is 14.6. The molecule has 4 fully saturated rings. The molecule has 0 amide bonds. The molecule has 4 rings (SSSR count). The second-order valence-electron chi connectivity index (χ2n) is 9.52. The predicted octanol–water partition coefficient (Wildman–Crippen LogP) is 6.84. The van der Waals surface area contributed by atoms with E-state index in [1.165, 1.54) is 64.2 Å². The van der Waals surface area contributed by atoms with Gasteiger partial charge >= 0.3 is 0 Å². The van der Waals surface area contributed by atoms with Gasteiger partial charge in [0, 0.05) is 0 Å². The van der Waals surface area contributed by atoms with Crippen LogP contribution in [0, 0.1) is 34.5 Å². The molecule has 21 heavy (non-hydrogen) atoms. The van der Waals surface area contributed by atoms with E-state index in [9.17, 15) is 0 Å². The van der Waals surface area contributed by atoms with E-state index < -0.39 is 0 Å². The van der Waals surface area contributed by atoms with Gasteiger partial charge in [-0.3, -0.25) is 0 Å². The van der Waals surface area contributed by atoms with Gasteiger partial charge in [-0.05, 0) is 73.0 Å². The van der Waals surface area contributed by atoms with E-state index in [0.29, 0.717) is 10.8 Å². The Bertz CT molecular complexity index is 359. The zero-order chi connectivity index (χ0) is 15.1. The summed E-state index contributed by atoms with van der Waals surface area (Å²) in [6.07, 6.45) is 16.6. The molecule has 6 atom stereocenters. The van der Waals surface area contributed by atoms with Crippen LogP contribution in [0.25, 0.3) is 0 Å². The van der Waals surface area contributed by atoms with E-state index in [2.05, 4.69) is 27.7 Å². The third-order valence-electron chi connectivity index (χ3n) is 7.99. The highest BCUT2D eigenvalue weighted by molar-refractivity contribution is 5.06. The molecule has 0 heterocycles. The minimum absolute atomic E-state index is 0.670. The molecule has 0 heteroatoms. The smallest absolute Gasteiger partial charge is 0.0264 e. The molecule has 6 unspecified atom stereocenters. The first kappa shape index (κ1) is 15.9. The largest absolute Gasteiger partial charge is 0.0648 e. The summed E-state index contributed by atoms with van der Waals surface area (Å²) in [6, 6.07) is 0. The van der Waals surface area contributed by atoms with Crippen LogP contribution in [-0.2, 0) is 0 Å². The molecule has 0 aromatic carbocycles. The van der Waals surface area contributed by atoms with Gasteiger partial charge in [-0.25, -0.2) is 0 Å². The molecule has 0 spiro atoms. The van der Waals surface area contributed by atoms with E-state index in [1.54, 1.807) is 6.42 Å². The minimum atomic E-state index is 0.670. The SMILES string of the molecule is CCC12CCCCC(C)(CCCC(C)C1)CCC1C(C)C12. The normalized spacial score (nSPS) is 51.4. The summed E-state index contributed by atoms with van der Waals surface area (Å²) in [5, 5.41) is 0. The van der Waals surface area contributed by atoms with Crippen molar-refractivity contribution < 1.29 is 0 Å². The van der Waals surface area contributed by atoms with Crippen molar-refractivity contribution in [2.45, 2.75) is 98.3 Å². The molecule has 0 aromatic heterocycles. The standard InChI is InChI=1S/C21H38/c1-5-21-13-7-6-11-20(4,12-8-9-16(2)15-21)14-10-18-17(3)19(18)21/h16-19H,5-15H2,1-4H3. The lowest BCUT2D eigenvalue weighted by Crippen LogP contribution is -2.27. The van der Waals surface area contributed by atoms with Crippen molar-refractivity contribution in [2.24, 2.45) is 34.5 Å². The molecule has 4 aliphatic rings. The Kier molecular flexibility index (Phi) is 4.46. The van der Waals surface area contributed by atoms with Gasteiger partial charge in [-0.15, -0.1) is 0 Å². The van der Waals surface area contributed by atoms with Crippen molar-refractivity contribution in [1.82, 2.24) is 0 Å². The zero-order valence-corrected chi connectivity index (χ0v) is 15.1. The van der Waals surface area contributed by atoms with E-state index >= 15 is 0 Å². The maximum Gasteiger partial charge on any atom is -0.0264 e. The van der Waals surface area contributed by atoms with E-state index in [1.807, 2.05) is 0 Å². The van der Waals surface area contributed by atoms with Crippen LogP contribution in [0.3, 0.4) is 0 Å². The molecular formula is C21H38. The van der Waals surface area contributed by atoms with Crippen LogP contribution in [0.5, 0.6) is 0 Å². The Labute approximate surface area is 133 Å². The van der Waals surface area contributed by atoms with Crippen LogP contribution >= 0.6 is 0 Å². The highest BCUT2D eigenvalue weighted by Gasteiger charge is 2.57. The minimum Gasteiger partial charge on any atom is -0.0648 e. The first-order valence-electron chi connectivity index (χ1n) is 10.00. The third-order valence-corrected chi connectivity index (χ3v) is 7.99. The van der Waals surface area contributed by atoms with Gasteiger partial charge in [-0.2, -0.15) is 0 Å². The third kappa shape index (κ3) is 3.06. The monoisotopic (exact) mass is 290 g/mol. The Balaban J connectivity index is 1.90.